The zero-order valence-electron chi connectivity index (χ0n) is 18.5. The molecular formula is C24H26ClN3O4S. The number of ether oxygens (including phenoxy) is 4. The fourth-order valence-electron chi connectivity index (χ4n) is 4.02. The molecule has 1 aromatic heterocycles. The third-order valence-corrected chi connectivity index (χ3v) is 7.02. The Labute approximate surface area is 202 Å². The second-order valence-corrected chi connectivity index (χ2v) is 9.37. The summed E-state index contributed by atoms with van der Waals surface area (Å²) in [7, 11) is 1.66. The van der Waals surface area contributed by atoms with Gasteiger partial charge in [0, 0.05) is 24.3 Å². The van der Waals surface area contributed by atoms with Crippen molar-refractivity contribution in [1.29, 1.82) is 0 Å². The van der Waals surface area contributed by atoms with Crippen LogP contribution in [0.3, 0.4) is 0 Å². The van der Waals surface area contributed by atoms with Crippen molar-refractivity contribution in [1.82, 2.24) is 14.8 Å². The summed E-state index contributed by atoms with van der Waals surface area (Å²) in [4.78, 5) is 0. The molecule has 0 N–H and O–H groups in total. The topological polar surface area (TPSA) is 67.6 Å². The first-order valence-corrected chi connectivity index (χ1v) is 12.5. The number of rotatable bonds is 7. The molecule has 3 aromatic rings. The third-order valence-electron chi connectivity index (χ3n) is 5.71. The van der Waals surface area contributed by atoms with Gasteiger partial charge in [-0.25, -0.2) is 0 Å². The smallest absolute Gasteiger partial charge is 0.191 e. The number of fused-ring (bicyclic) bond motifs is 1. The number of hydrogen-bond acceptors (Lipinski definition) is 7. The lowest BCUT2D eigenvalue weighted by Crippen LogP contribution is -2.16. The van der Waals surface area contributed by atoms with Crippen LogP contribution in [0.25, 0.3) is 11.4 Å². The van der Waals surface area contributed by atoms with E-state index in [4.69, 9.17) is 30.5 Å². The average molecular weight is 488 g/mol. The molecule has 0 amide bonds. The van der Waals surface area contributed by atoms with E-state index in [2.05, 4.69) is 14.8 Å². The predicted octanol–water partition coefficient (Wildman–Crippen LogP) is 5.24. The maximum Gasteiger partial charge on any atom is 0.191 e. The summed E-state index contributed by atoms with van der Waals surface area (Å²) in [5, 5.41) is 10.5. The fourth-order valence-corrected chi connectivity index (χ4v) is 5.19. The van der Waals surface area contributed by atoms with Crippen molar-refractivity contribution < 1.29 is 18.9 Å². The summed E-state index contributed by atoms with van der Waals surface area (Å²) in [6.07, 6.45) is 3.14. The molecule has 2 aromatic carbocycles. The molecule has 9 heteroatoms. The highest BCUT2D eigenvalue weighted by Crippen LogP contribution is 2.39. The lowest BCUT2D eigenvalue weighted by atomic mass is 10.2. The van der Waals surface area contributed by atoms with Crippen molar-refractivity contribution in [3.05, 3.63) is 47.0 Å². The van der Waals surface area contributed by atoms with E-state index in [9.17, 15) is 0 Å². The van der Waals surface area contributed by atoms with E-state index in [-0.39, 0.29) is 6.10 Å². The molecule has 3 heterocycles. The number of benzene rings is 2. The molecule has 1 atom stereocenters. The van der Waals surface area contributed by atoms with Crippen molar-refractivity contribution in [2.24, 2.45) is 0 Å². The predicted molar refractivity (Wildman–Crippen MR) is 128 cm³/mol. The Morgan fingerprint density at radius 2 is 1.94 bits per heavy atom. The number of nitrogens with zero attached hydrogens (tertiary/aromatic N) is 3. The van der Waals surface area contributed by atoms with Gasteiger partial charge in [0.05, 0.1) is 38.0 Å². The van der Waals surface area contributed by atoms with Gasteiger partial charge in [-0.05, 0) is 54.8 Å². The first-order valence-electron chi connectivity index (χ1n) is 11.1. The van der Waals surface area contributed by atoms with E-state index in [0.29, 0.717) is 35.5 Å². The SMILES string of the molecule is COc1ccc(-c2nnc(SCc3cc(Cl)c4c(c3)OCCCO4)n2CC2CCCO2)cc1. The lowest BCUT2D eigenvalue weighted by molar-refractivity contribution is 0.0953. The maximum atomic E-state index is 6.48. The molecular weight excluding hydrogens is 462 g/mol. The van der Waals surface area contributed by atoms with Crippen LogP contribution in [0.5, 0.6) is 17.2 Å². The summed E-state index contributed by atoms with van der Waals surface area (Å²) >= 11 is 8.11. The van der Waals surface area contributed by atoms with Crippen molar-refractivity contribution in [2.45, 2.75) is 42.8 Å². The highest BCUT2D eigenvalue weighted by molar-refractivity contribution is 7.98. The van der Waals surface area contributed by atoms with Crippen LogP contribution < -0.4 is 14.2 Å². The Morgan fingerprint density at radius 3 is 2.73 bits per heavy atom. The van der Waals surface area contributed by atoms with E-state index in [0.717, 1.165) is 60.3 Å². The Balaban J connectivity index is 1.40. The number of halogens is 1. The fraction of sp³-hybridized carbons (Fsp3) is 0.417. The standard InChI is InChI=1S/C24H26ClN3O4S/c1-29-18-7-5-17(6-8-18)23-26-27-24(28(23)14-19-4-2-9-30-19)33-15-16-12-20(25)22-21(13-16)31-10-3-11-32-22/h5-8,12-13,19H,2-4,9-11,14-15H2,1H3. The Bertz CT molecular complexity index is 1100. The van der Waals surface area contributed by atoms with Crippen LogP contribution in [-0.4, -0.2) is 47.8 Å². The van der Waals surface area contributed by atoms with E-state index >= 15 is 0 Å². The number of thioether (sulfide) groups is 1. The molecule has 5 rings (SSSR count). The first kappa shape index (κ1) is 22.4. The second kappa shape index (κ2) is 10.2. The van der Waals surface area contributed by atoms with E-state index in [1.807, 2.05) is 36.4 Å². The van der Waals surface area contributed by atoms with Gasteiger partial charge in [0.1, 0.15) is 5.75 Å². The molecule has 1 unspecified atom stereocenters. The third kappa shape index (κ3) is 5.08. The average Bonchev–Trinajstić information content (AvgIpc) is 3.42. The monoisotopic (exact) mass is 487 g/mol. The van der Waals surface area contributed by atoms with E-state index in [1.165, 1.54) is 0 Å². The summed E-state index contributed by atoms with van der Waals surface area (Å²) in [6, 6.07) is 11.8. The van der Waals surface area contributed by atoms with Gasteiger partial charge in [-0.2, -0.15) is 0 Å². The second-order valence-electron chi connectivity index (χ2n) is 8.02. The van der Waals surface area contributed by atoms with E-state index < -0.39 is 0 Å². The minimum absolute atomic E-state index is 0.171. The van der Waals surface area contributed by atoms with Crippen molar-refractivity contribution >= 4 is 23.4 Å². The van der Waals surface area contributed by atoms with Crippen LogP contribution in [-0.2, 0) is 17.0 Å². The Kier molecular flexibility index (Phi) is 6.94. The molecule has 2 aliphatic heterocycles. The van der Waals surface area contributed by atoms with Gasteiger partial charge in [-0.15, -0.1) is 10.2 Å². The van der Waals surface area contributed by atoms with Gasteiger partial charge in [0.15, 0.2) is 22.5 Å². The summed E-state index contributed by atoms with van der Waals surface area (Å²) in [6.45, 7) is 2.77. The number of hydrogen-bond donors (Lipinski definition) is 0. The molecule has 7 nitrogen and oxygen atoms in total. The largest absolute Gasteiger partial charge is 0.497 e. The van der Waals surface area contributed by atoms with Gasteiger partial charge >= 0.3 is 0 Å². The zero-order valence-corrected chi connectivity index (χ0v) is 20.0. The highest BCUT2D eigenvalue weighted by Gasteiger charge is 2.22. The molecule has 174 valence electrons. The zero-order chi connectivity index (χ0) is 22.6. The molecule has 2 aliphatic rings. The van der Waals surface area contributed by atoms with Crippen molar-refractivity contribution in [2.75, 3.05) is 26.9 Å². The molecule has 0 radical (unpaired) electrons. The summed E-state index contributed by atoms with van der Waals surface area (Å²) in [5.41, 5.74) is 2.04. The van der Waals surface area contributed by atoms with Crippen molar-refractivity contribution in [3.8, 4) is 28.6 Å². The highest BCUT2D eigenvalue weighted by atomic mass is 35.5. The van der Waals surface area contributed by atoms with Crippen LogP contribution in [0.15, 0.2) is 41.6 Å². The molecule has 0 saturated carbocycles. The lowest BCUT2D eigenvalue weighted by Gasteiger charge is -2.15. The maximum absolute atomic E-state index is 6.48. The Morgan fingerprint density at radius 1 is 1.09 bits per heavy atom. The van der Waals surface area contributed by atoms with Crippen LogP contribution >= 0.6 is 23.4 Å². The molecule has 0 bridgehead atoms. The number of methoxy groups -OCH3 is 1. The van der Waals surface area contributed by atoms with Gasteiger partial charge in [-0.1, -0.05) is 23.4 Å². The minimum Gasteiger partial charge on any atom is -0.497 e. The summed E-state index contributed by atoms with van der Waals surface area (Å²) < 4.78 is 24.9. The molecule has 0 aliphatic carbocycles. The quantitative estimate of drug-likeness (QED) is 0.422. The molecule has 1 fully saturated rings. The molecule has 0 spiro atoms. The number of aromatic nitrogens is 3. The first-order chi connectivity index (χ1) is 16.2. The van der Waals surface area contributed by atoms with Gasteiger partial charge in [0.25, 0.3) is 0 Å². The van der Waals surface area contributed by atoms with Crippen LogP contribution in [0.4, 0.5) is 0 Å². The van der Waals surface area contributed by atoms with Crippen LogP contribution in [0, 0.1) is 0 Å². The molecule has 33 heavy (non-hydrogen) atoms. The minimum atomic E-state index is 0.171. The van der Waals surface area contributed by atoms with Crippen LogP contribution in [0.1, 0.15) is 24.8 Å². The van der Waals surface area contributed by atoms with Crippen molar-refractivity contribution in [3.63, 3.8) is 0 Å². The van der Waals surface area contributed by atoms with Gasteiger partial charge in [-0.3, -0.25) is 4.57 Å². The van der Waals surface area contributed by atoms with Gasteiger partial charge < -0.3 is 18.9 Å². The summed E-state index contributed by atoms with van der Waals surface area (Å²) in [5.74, 6) is 3.65. The van der Waals surface area contributed by atoms with Gasteiger partial charge in [0.2, 0.25) is 0 Å². The molecule has 1 saturated heterocycles. The Hall–Kier alpha value is -2.42. The van der Waals surface area contributed by atoms with E-state index in [1.54, 1.807) is 18.9 Å². The normalized spacial score (nSPS) is 17.7. The van der Waals surface area contributed by atoms with Crippen LogP contribution in [0.2, 0.25) is 5.02 Å².